The zero-order valence-electron chi connectivity index (χ0n) is 16.7. The Morgan fingerprint density at radius 1 is 1.17 bits per heavy atom. The minimum Gasteiger partial charge on any atom is -0.492 e. The van der Waals surface area contributed by atoms with E-state index >= 15 is 0 Å². The van der Waals surface area contributed by atoms with Crippen LogP contribution in [-0.4, -0.2) is 40.4 Å². The number of para-hydroxylation sites is 1. The van der Waals surface area contributed by atoms with Crippen molar-refractivity contribution in [3.63, 3.8) is 0 Å². The predicted molar refractivity (Wildman–Crippen MR) is 118 cm³/mol. The molecule has 0 aliphatic carbocycles. The molecule has 1 fully saturated rings. The third-order valence-electron chi connectivity index (χ3n) is 5.23. The van der Waals surface area contributed by atoms with Crippen molar-refractivity contribution >= 4 is 23.3 Å². The summed E-state index contributed by atoms with van der Waals surface area (Å²) in [6.07, 6.45) is 5.70. The number of hydrogen-bond acceptors (Lipinski definition) is 3. The summed E-state index contributed by atoms with van der Waals surface area (Å²) in [6, 6.07) is 17.2. The Hall–Kier alpha value is -2.99. The van der Waals surface area contributed by atoms with Crippen LogP contribution in [0.3, 0.4) is 0 Å². The lowest BCUT2D eigenvalue weighted by atomic mass is 9.99. The third-order valence-corrected chi connectivity index (χ3v) is 5.54. The maximum absolute atomic E-state index is 12.7. The van der Waals surface area contributed by atoms with Gasteiger partial charge in [-0.2, -0.15) is 5.10 Å². The molecule has 1 aliphatic heterocycles. The third kappa shape index (κ3) is 5.33. The number of benzene rings is 2. The molecule has 2 amide bonds. The standard InChI is InChI=1S/C23H25ClN4O2/c24-21-6-1-2-7-22(21)30-17-19-5-3-13-27(15-19)23(29)26-20-10-8-18(9-11-20)16-28-14-4-12-25-28/h1-2,4,6-12,14,19H,3,5,13,15-17H2,(H,26,29). The molecule has 30 heavy (non-hydrogen) atoms. The van der Waals surface area contributed by atoms with Crippen molar-refractivity contribution < 1.29 is 9.53 Å². The average molecular weight is 425 g/mol. The summed E-state index contributed by atoms with van der Waals surface area (Å²) in [4.78, 5) is 14.6. The van der Waals surface area contributed by atoms with Gasteiger partial charge in [-0.05, 0) is 48.7 Å². The van der Waals surface area contributed by atoms with E-state index in [9.17, 15) is 4.79 Å². The maximum atomic E-state index is 12.7. The van der Waals surface area contributed by atoms with E-state index in [2.05, 4.69) is 10.4 Å². The summed E-state index contributed by atoms with van der Waals surface area (Å²) < 4.78 is 7.75. The number of hydrogen-bond donors (Lipinski definition) is 1. The highest BCUT2D eigenvalue weighted by Gasteiger charge is 2.24. The Labute approximate surface area is 181 Å². The van der Waals surface area contributed by atoms with Crippen molar-refractivity contribution in [1.29, 1.82) is 0 Å². The Kier molecular flexibility index (Phi) is 6.54. The molecule has 0 bridgehead atoms. The fraction of sp³-hybridized carbons (Fsp3) is 0.304. The van der Waals surface area contributed by atoms with Gasteiger partial charge in [-0.1, -0.05) is 35.9 Å². The van der Waals surface area contributed by atoms with Crippen LogP contribution in [-0.2, 0) is 6.54 Å². The van der Waals surface area contributed by atoms with Gasteiger partial charge in [-0.25, -0.2) is 4.79 Å². The number of urea groups is 1. The Morgan fingerprint density at radius 2 is 2.00 bits per heavy atom. The molecule has 2 aromatic carbocycles. The fourth-order valence-electron chi connectivity index (χ4n) is 3.63. The molecule has 3 aromatic rings. The molecule has 0 radical (unpaired) electrons. The largest absolute Gasteiger partial charge is 0.492 e. The Bertz CT molecular complexity index is 960. The van der Waals surface area contributed by atoms with Crippen molar-refractivity contribution in [2.24, 2.45) is 5.92 Å². The van der Waals surface area contributed by atoms with Crippen molar-refractivity contribution in [1.82, 2.24) is 14.7 Å². The number of rotatable bonds is 6. The quantitative estimate of drug-likeness (QED) is 0.611. The first-order valence-electron chi connectivity index (χ1n) is 10.2. The molecule has 6 nitrogen and oxygen atoms in total. The molecular weight excluding hydrogens is 400 g/mol. The predicted octanol–water partition coefficient (Wildman–Crippen LogP) is 4.91. The van der Waals surface area contributed by atoms with Crippen LogP contribution in [0.15, 0.2) is 67.0 Å². The highest BCUT2D eigenvalue weighted by molar-refractivity contribution is 6.32. The first kappa shape index (κ1) is 20.3. The van der Waals surface area contributed by atoms with Crippen LogP contribution < -0.4 is 10.1 Å². The summed E-state index contributed by atoms with van der Waals surface area (Å²) in [5, 5.41) is 7.83. The van der Waals surface area contributed by atoms with E-state index in [-0.39, 0.29) is 11.9 Å². The molecule has 2 heterocycles. The molecule has 7 heteroatoms. The van der Waals surface area contributed by atoms with E-state index in [4.69, 9.17) is 16.3 Å². The SMILES string of the molecule is O=C(Nc1ccc(Cn2cccn2)cc1)N1CCCC(COc2ccccc2Cl)C1. The summed E-state index contributed by atoms with van der Waals surface area (Å²) in [5.74, 6) is 0.980. The van der Waals surface area contributed by atoms with E-state index in [1.165, 1.54) is 0 Å². The summed E-state index contributed by atoms with van der Waals surface area (Å²) >= 11 is 6.16. The minimum absolute atomic E-state index is 0.0720. The van der Waals surface area contributed by atoms with Crippen LogP contribution in [0.25, 0.3) is 0 Å². The first-order valence-corrected chi connectivity index (χ1v) is 10.5. The molecule has 4 rings (SSSR count). The lowest BCUT2D eigenvalue weighted by Crippen LogP contribution is -2.43. The van der Waals surface area contributed by atoms with Crippen LogP contribution >= 0.6 is 11.6 Å². The van der Waals surface area contributed by atoms with Crippen molar-refractivity contribution in [2.45, 2.75) is 19.4 Å². The van der Waals surface area contributed by atoms with Crippen LogP contribution in [0, 0.1) is 5.92 Å². The zero-order valence-corrected chi connectivity index (χ0v) is 17.5. The van der Waals surface area contributed by atoms with E-state index in [1.54, 1.807) is 6.20 Å². The summed E-state index contributed by atoms with van der Waals surface area (Å²) in [6.45, 7) is 2.69. The highest BCUT2D eigenvalue weighted by atomic mass is 35.5. The number of amides is 2. The van der Waals surface area contributed by atoms with Crippen LogP contribution in [0.4, 0.5) is 10.5 Å². The number of halogens is 1. The van der Waals surface area contributed by atoms with Gasteiger partial charge in [0.1, 0.15) is 5.75 Å². The number of nitrogens with zero attached hydrogens (tertiary/aromatic N) is 3. The lowest BCUT2D eigenvalue weighted by Gasteiger charge is -2.32. The van der Waals surface area contributed by atoms with Gasteiger partial charge in [0.05, 0.1) is 18.2 Å². The molecule has 156 valence electrons. The number of aromatic nitrogens is 2. The van der Waals surface area contributed by atoms with Gasteiger partial charge in [0, 0.05) is 37.1 Å². The number of piperidine rings is 1. The van der Waals surface area contributed by atoms with Gasteiger partial charge in [0.2, 0.25) is 0 Å². The van der Waals surface area contributed by atoms with Crippen LogP contribution in [0.2, 0.25) is 5.02 Å². The molecule has 1 atom stereocenters. The summed E-state index contributed by atoms with van der Waals surface area (Å²) in [7, 11) is 0. The molecule has 0 spiro atoms. The molecule has 1 unspecified atom stereocenters. The van der Waals surface area contributed by atoms with Gasteiger partial charge in [-0.3, -0.25) is 4.68 Å². The number of carbonyl (C=O) groups is 1. The second-order valence-corrected chi connectivity index (χ2v) is 7.93. The van der Waals surface area contributed by atoms with E-state index < -0.39 is 0 Å². The van der Waals surface area contributed by atoms with Gasteiger partial charge in [0.15, 0.2) is 0 Å². The van der Waals surface area contributed by atoms with E-state index in [0.29, 0.717) is 30.5 Å². The molecule has 1 saturated heterocycles. The van der Waals surface area contributed by atoms with E-state index in [0.717, 1.165) is 30.6 Å². The van der Waals surface area contributed by atoms with Gasteiger partial charge < -0.3 is 15.0 Å². The lowest BCUT2D eigenvalue weighted by molar-refractivity contribution is 0.145. The van der Waals surface area contributed by atoms with Crippen LogP contribution in [0.5, 0.6) is 5.75 Å². The number of nitrogens with one attached hydrogen (secondary N) is 1. The Morgan fingerprint density at radius 3 is 2.77 bits per heavy atom. The van der Waals surface area contributed by atoms with Crippen molar-refractivity contribution in [3.05, 3.63) is 77.6 Å². The van der Waals surface area contributed by atoms with E-state index in [1.807, 2.05) is 70.4 Å². The second kappa shape index (κ2) is 9.67. The number of carbonyl (C=O) groups excluding carboxylic acids is 1. The van der Waals surface area contributed by atoms with Crippen LogP contribution in [0.1, 0.15) is 18.4 Å². The van der Waals surface area contributed by atoms with Crippen molar-refractivity contribution in [3.8, 4) is 5.75 Å². The number of likely N-dealkylation sites (tertiary alicyclic amines) is 1. The molecule has 0 saturated carbocycles. The summed E-state index contributed by atoms with van der Waals surface area (Å²) in [5.41, 5.74) is 1.92. The first-order chi connectivity index (χ1) is 14.7. The minimum atomic E-state index is -0.0720. The average Bonchev–Trinajstić information content (AvgIpc) is 3.28. The number of ether oxygens (including phenoxy) is 1. The van der Waals surface area contributed by atoms with Gasteiger partial charge >= 0.3 is 6.03 Å². The zero-order chi connectivity index (χ0) is 20.8. The topological polar surface area (TPSA) is 59.4 Å². The highest BCUT2D eigenvalue weighted by Crippen LogP contribution is 2.25. The van der Waals surface area contributed by atoms with Gasteiger partial charge in [0.25, 0.3) is 0 Å². The monoisotopic (exact) mass is 424 g/mol. The van der Waals surface area contributed by atoms with Crippen molar-refractivity contribution in [2.75, 3.05) is 25.0 Å². The fourth-order valence-corrected chi connectivity index (χ4v) is 3.82. The molecule has 1 N–H and O–H groups in total. The molecular formula is C23H25ClN4O2. The normalized spacial score (nSPS) is 16.3. The van der Waals surface area contributed by atoms with Gasteiger partial charge in [-0.15, -0.1) is 0 Å². The molecule has 1 aliphatic rings. The Balaban J connectivity index is 1.28. The maximum Gasteiger partial charge on any atom is 0.321 e. The smallest absolute Gasteiger partial charge is 0.321 e. The second-order valence-electron chi connectivity index (χ2n) is 7.53. The number of anilines is 1. The molecule has 1 aromatic heterocycles.